The number of hydrogen-bond acceptors (Lipinski definition) is 2. The molecule has 0 aliphatic carbocycles. The average molecular weight is 244 g/mol. The van der Waals surface area contributed by atoms with Gasteiger partial charge in [-0.1, -0.05) is 30.0 Å². The Bertz CT molecular complexity index is 630. The molecule has 0 fully saturated rings. The molecule has 0 saturated carbocycles. The molecule has 2 nitrogen and oxygen atoms in total. The first-order chi connectivity index (χ1) is 8.31. The van der Waals surface area contributed by atoms with E-state index in [4.69, 9.17) is 0 Å². The number of aromatic amines is 1. The van der Waals surface area contributed by atoms with Crippen molar-refractivity contribution >= 4 is 22.8 Å². The summed E-state index contributed by atoms with van der Waals surface area (Å²) in [5.41, 5.74) is 1.91. The van der Waals surface area contributed by atoms with E-state index < -0.39 is 0 Å². The maximum atomic E-state index is 13.0. The van der Waals surface area contributed by atoms with Crippen LogP contribution in [0.3, 0.4) is 0 Å². The van der Waals surface area contributed by atoms with Gasteiger partial charge in [-0.05, 0) is 30.3 Å². The number of rotatable bonds is 2. The minimum Gasteiger partial charge on any atom is -0.333 e. The smallest absolute Gasteiger partial charge is 0.171 e. The van der Waals surface area contributed by atoms with Gasteiger partial charge in [-0.3, -0.25) is 0 Å². The van der Waals surface area contributed by atoms with Gasteiger partial charge in [0.25, 0.3) is 0 Å². The molecule has 0 unspecified atom stereocenters. The molecule has 0 aliphatic rings. The Morgan fingerprint density at radius 3 is 2.76 bits per heavy atom. The molecule has 84 valence electrons. The number of H-pyrrole nitrogens is 1. The first kappa shape index (κ1) is 10.4. The lowest BCUT2D eigenvalue weighted by Crippen LogP contribution is -1.77. The maximum Gasteiger partial charge on any atom is 0.171 e. The van der Waals surface area contributed by atoms with Crippen LogP contribution in [0.15, 0.2) is 58.6 Å². The molecule has 0 aliphatic heterocycles. The Labute approximate surface area is 102 Å². The van der Waals surface area contributed by atoms with E-state index in [1.165, 1.54) is 23.9 Å². The van der Waals surface area contributed by atoms with Crippen LogP contribution in [-0.2, 0) is 0 Å². The topological polar surface area (TPSA) is 28.7 Å². The molecule has 0 spiro atoms. The number of imidazole rings is 1. The van der Waals surface area contributed by atoms with E-state index in [1.807, 2.05) is 30.3 Å². The number of nitrogens with zero attached hydrogens (tertiary/aromatic N) is 1. The quantitative estimate of drug-likeness (QED) is 0.741. The summed E-state index contributed by atoms with van der Waals surface area (Å²) in [6.07, 6.45) is 0. The third-order valence-corrected chi connectivity index (χ3v) is 3.25. The van der Waals surface area contributed by atoms with Gasteiger partial charge in [0.1, 0.15) is 5.82 Å². The number of aromatic nitrogens is 2. The van der Waals surface area contributed by atoms with Crippen molar-refractivity contribution in [1.29, 1.82) is 0 Å². The number of halogens is 1. The van der Waals surface area contributed by atoms with Crippen LogP contribution in [0.1, 0.15) is 0 Å². The van der Waals surface area contributed by atoms with E-state index in [0.29, 0.717) is 0 Å². The van der Waals surface area contributed by atoms with Crippen molar-refractivity contribution < 1.29 is 4.39 Å². The molecule has 0 bridgehead atoms. The summed E-state index contributed by atoms with van der Waals surface area (Å²) in [6, 6.07) is 14.3. The molecule has 3 aromatic rings. The standard InChI is InChI=1S/C13H9FN2S/c14-9-4-3-5-10(8-9)17-13-15-11-6-1-2-7-12(11)16-13/h1-8H,(H,15,16). The molecule has 2 aromatic carbocycles. The van der Waals surface area contributed by atoms with Crippen molar-refractivity contribution in [2.75, 3.05) is 0 Å². The van der Waals surface area contributed by atoms with Crippen molar-refractivity contribution in [3.63, 3.8) is 0 Å². The lowest BCUT2D eigenvalue weighted by Gasteiger charge is -1.96. The molecule has 0 radical (unpaired) electrons. The largest absolute Gasteiger partial charge is 0.333 e. The minimum atomic E-state index is -0.230. The Kier molecular flexibility index (Phi) is 2.57. The zero-order chi connectivity index (χ0) is 11.7. The Morgan fingerprint density at radius 1 is 1.06 bits per heavy atom. The third-order valence-electron chi connectivity index (χ3n) is 2.38. The first-order valence-electron chi connectivity index (χ1n) is 5.19. The molecule has 4 heteroatoms. The Morgan fingerprint density at radius 2 is 1.94 bits per heavy atom. The average Bonchev–Trinajstić information content (AvgIpc) is 2.71. The van der Waals surface area contributed by atoms with Gasteiger partial charge < -0.3 is 4.98 Å². The van der Waals surface area contributed by atoms with Gasteiger partial charge in [-0.15, -0.1) is 0 Å². The summed E-state index contributed by atoms with van der Waals surface area (Å²) in [4.78, 5) is 8.45. The van der Waals surface area contributed by atoms with Crippen molar-refractivity contribution in [2.45, 2.75) is 10.1 Å². The molecule has 0 amide bonds. The molecule has 0 atom stereocenters. The third kappa shape index (κ3) is 2.17. The highest BCUT2D eigenvalue weighted by Crippen LogP contribution is 2.27. The Hall–Kier alpha value is -1.81. The van der Waals surface area contributed by atoms with Crippen LogP contribution in [0, 0.1) is 5.82 Å². The summed E-state index contributed by atoms with van der Waals surface area (Å²) in [5, 5.41) is 0.775. The van der Waals surface area contributed by atoms with E-state index >= 15 is 0 Å². The van der Waals surface area contributed by atoms with E-state index in [2.05, 4.69) is 9.97 Å². The summed E-state index contributed by atoms with van der Waals surface area (Å²) in [7, 11) is 0. The lowest BCUT2D eigenvalue weighted by atomic mass is 10.3. The predicted octanol–water partition coefficient (Wildman–Crippen LogP) is 3.85. The van der Waals surface area contributed by atoms with E-state index in [-0.39, 0.29) is 5.82 Å². The second kappa shape index (κ2) is 4.22. The zero-order valence-electron chi connectivity index (χ0n) is 8.85. The van der Waals surface area contributed by atoms with Crippen LogP contribution >= 0.6 is 11.8 Å². The number of fused-ring (bicyclic) bond motifs is 1. The van der Waals surface area contributed by atoms with E-state index in [1.54, 1.807) is 6.07 Å². The Balaban J connectivity index is 1.94. The molecule has 1 heterocycles. The van der Waals surface area contributed by atoms with Crippen LogP contribution in [-0.4, -0.2) is 9.97 Å². The number of hydrogen-bond donors (Lipinski definition) is 1. The fourth-order valence-corrected chi connectivity index (χ4v) is 2.47. The minimum absolute atomic E-state index is 0.230. The predicted molar refractivity (Wildman–Crippen MR) is 66.6 cm³/mol. The lowest BCUT2D eigenvalue weighted by molar-refractivity contribution is 0.624. The van der Waals surface area contributed by atoms with Gasteiger partial charge in [0, 0.05) is 4.90 Å². The summed E-state index contributed by atoms with van der Waals surface area (Å²) < 4.78 is 13.0. The molecule has 17 heavy (non-hydrogen) atoms. The molecule has 1 N–H and O–H groups in total. The van der Waals surface area contributed by atoms with Crippen molar-refractivity contribution in [1.82, 2.24) is 9.97 Å². The highest BCUT2D eigenvalue weighted by atomic mass is 32.2. The molecular formula is C13H9FN2S. The van der Waals surface area contributed by atoms with E-state index in [0.717, 1.165) is 21.1 Å². The van der Waals surface area contributed by atoms with Crippen LogP contribution < -0.4 is 0 Å². The van der Waals surface area contributed by atoms with Gasteiger partial charge in [0.2, 0.25) is 0 Å². The molecule has 3 rings (SSSR count). The van der Waals surface area contributed by atoms with Gasteiger partial charge in [0.05, 0.1) is 11.0 Å². The van der Waals surface area contributed by atoms with Gasteiger partial charge in [-0.2, -0.15) is 0 Å². The van der Waals surface area contributed by atoms with Crippen LogP contribution in [0.5, 0.6) is 0 Å². The zero-order valence-corrected chi connectivity index (χ0v) is 9.67. The monoisotopic (exact) mass is 244 g/mol. The maximum absolute atomic E-state index is 13.0. The molecular weight excluding hydrogens is 235 g/mol. The molecule has 1 aromatic heterocycles. The summed E-state index contributed by atoms with van der Waals surface area (Å²) >= 11 is 1.42. The second-order valence-electron chi connectivity index (χ2n) is 3.62. The first-order valence-corrected chi connectivity index (χ1v) is 6.01. The fourth-order valence-electron chi connectivity index (χ4n) is 1.62. The summed E-state index contributed by atoms with van der Waals surface area (Å²) in [6.45, 7) is 0. The normalized spacial score (nSPS) is 10.9. The van der Waals surface area contributed by atoms with Gasteiger partial charge in [-0.25, -0.2) is 9.37 Å². The highest BCUT2D eigenvalue weighted by Gasteiger charge is 2.04. The van der Waals surface area contributed by atoms with Gasteiger partial charge in [0.15, 0.2) is 5.16 Å². The van der Waals surface area contributed by atoms with Crippen LogP contribution in [0.2, 0.25) is 0 Å². The van der Waals surface area contributed by atoms with Crippen LogP contribution in [0.25, 0.3) is 11.0 Å². The number of para-hydroxylation sites is 2. The van der Waals surface area contributed by atoms with Crippen molar-refractivity contribution in [3.05, 3.63) is 54.3 Å². The fraction of sp³-hybridized carbons (Fsp3) is 0. The molecule has 0 saturated heterocycles. The van der Waals surface area contributed by atoms with E-state index in [9.17, 15) is 4.39 Å². The number of benzene rings is 2. The van der Waals surface area contributed by atoms with Gasteiger partial charge >= 0.3 is 0 Å². The second-order valence-corrected chi connectivity index (χ2v) is 4.68. The van der Waals surface area contributed by atoms with Crippen LogP contribution in [0.4, 0.5) is 4.39 Å². The highest BCUT2D eigenvalue weighted by molar-refractivity contribution is 7.99. The van der Waals surface area contributed by atoms with Crippen molar-refractivity contribution in [2.24, 2.45) is 0 Å². The number of nitrogens with one attached hydrogen (secondary N) is 1. The SMILES string of the molecule is Fc1cccc(Sc2nc3ccccc3[nH]2)c1. The summed E-state index contributed by atoms with van der Waals surface area (Å²) in [5.74, 6) is -0.230. The van der Waals surface area contributed by atoms with Crippen molar-refractivity contribution in [3.8, 4) is 0 Å².